The summed E-state index contributed by atoms with van der Waals surface area (Å²) in [6.45, 7) is 7.90. The molecule has 1 aliphatic rings. The standard InChI is InChI=1S/C15H23N3O4S/c1-5-8-23(20,21)18-6-7-22-14-12(18)9-11(10-16-14)13(19)17-15(2,3)4/h9-10H,5-8H2,1-4H3,(H,17,19). The van der Waals surface area contributed by atoms with Crippen LogP contribution in [0.3, 0.4) is 0 Å². The second kappa shape index (κ2) is 6.35. The van der Waals surface area contributed by atoms with E-state index < -0.39 is 15.6 Å². The monoisotopic (exact) mass is 341 g/mol. The first-order chi connectivity index (χ1) is 10.6. The zero-order valence-electron chi connectivity index (χ0n) is 13.9. The molecule has 0 bridgehead atoms. The molecule has 1 N–H and O–H groups in total. The van der Waals surface area contributed by atoms with Crippen LogP contribution in [-0.2, 0) is 10.0 Å². The van der Waals surface area contributed by atoms with Crippen molar-refractivity contribution < 1.29 is 17.9 Å². The number of sulfonamides is 1. The average Bonchev–Trinajstić information content (AvgIpc) is 2.44. The van der Waals surface area contributed by atoms with Gasteiger partial charge >= 0.3 is 0 Å². The molecule has 2 rings (SSSR count). The highest BCUT2D eigenvalue weighted by atomic mass is 32.2. The summed E-state index contributed by atoms with van der Waals surface area (Å²) >= 11 is 0. The van der Waals surface area contributed by atoms with E-state index in [0.29, 0.717) is 17.7 Å². The van der Waals surface area contributed by atoms with Gasteiger partial charge in [0.2, 0.25) is 15.9 Å². The number of hydrogen-bond acceptors (Lipinski definition) is 5. The summed E-state index contributed by atoms with van der Waals surface area (Å²) in [7, 11) is -3.44. The van der Waals surface area contributed by atoms with Crippen molar-refractivity contribution in [3.05, 3.63) is 17.8 Å². The fraction of sp³-hybridized carbons (Fsp3) is 0.600. The van der Waals surface area contributed by atoms with Gasteiger partial charge in [-0.1, -0.05) is 6.92 Å². The Morgan fingerprint density at radius 2 is 2.13 bits per heavy atom. The van der Waals surface area contributed by atoms with Crippen LogP contribution in [0.25, 0.3) is 0 Å². The van der Waals surface area contributed by atoms with Crippen molar-refractivity contribution in [3.63, 3.8) is 0 Å². The van der Waals surface area contributed by atoms with E-state index in [-0.39, 0.29) is 30.7 Å². The number of aromatic nitrogens is 1. The lowest BCUT2D eigenvalue weighted by Gasteiger charge is -2.30. The Bertz CT molecular complexity index is 695. The Morgan fingerprint density at radius 3 is 2.74 bits per heavy atom. The zero-order chi connectivity index (χ0) is 17.3. The summed E-state index contributed by atoms with van der Waals surface area (Å²) in [5.74, 6) is -0.0142. The van der Waals surface area contributed by atoms with Gasteiger partial charge in [0, 0.05) is 11.7 Å². The Kier molecular flexibility index (Phi) is 4.84. The topological polar surface area (TPSA) is 88.6 Å². The Hall–Kier alpha value is -1.83. The van der Waals surface area contributed by atoms with E-state index in [4.69, 9.17) is 4.74 Å². The molecule has 0 atom stereocenters. The van der Waals surface area contributed by atoms with Crippen LogP contribution in [-0.4, -0.2) is 43.8 Å². The second-order valence-corrected chi connectivity index (χ2v) is 8.50. The van der Waals surface area contributed by atoms with Crippen LogP contribution >= 0.6 is 0 Å². The molecule has 0 fully saturated rings. The quantitative estimate of drug-likeness (QED) is 0.897. The first kappa shape index (κ1) is 17.5. The smallest absolute Gasteiger partial charge is 0.253 e. The van der Waals surface area contributed by atoms with E-state index in [0.717, 1.165) is 0 Å². The number of fused-ring (bicyclic) bond motifs is 1. The van der Waals surface area contributed by atoms with Crippen LogP contribution in [0.2, 0.25) is 0 Å². The number of ether oxygens (including phenoxy) is 1. The number of rotatable bonds is 4. The summed E-state index contributed by atoms with van der Waals surface area (Å²) in [5, 5.41) is 2.83. The largest absolute Gasteiger partial charge is 0.474 e. The molecule has 0 aromatic carbocycles. The number of hydrogen-bond donors (Lipinski definition) is 1. The normalized spacial score (nSPS) is 14.9. The molecule has 0 spiro atoms. The fourth-order valence-corrected chi connectivity index (χ4v) is 3.79. The van der Waals surface area contributed by atoms with Gasteiger partial charge in [-0.25, -0.2) is 13.4 Å². The van der Waals surface area contributed by atoms with Gasteiger partial charge in [0.25, 0.3) is 5.91 Å². The van der Waals surface area contributed by atoms with Gasteiger partial charge in [0.05, 0.1) is 17.9 Å². The van der Waals surface area contributed by atoms with E-state index in [1.54, 1.807) is 0 Å². The molecule has 0 aliphatic carbocycles. The van der Waals surface area contributed by atoms with Gasteiger partial charge in [0.15, 0.2) is 0 Å². The van der Waals surface area contributed by atoms with Gasteiger partial charge < -0.3 is 10.1 Å². The maximum atomic E-state index is 12.4. The highest BCUT2D eigenvalue weighted by Gasteiger charge is 2.30. The Balaban J connectivity index is 2.38. The van der Waals surface area contributed by atoms with Crippen molar-refractivity contribution in [2.45, 2.75) is 39.7 Å². The van der Waals surface area contributed by atoms with E-state index >= 15 is 0 Å². The molecule has 1 amide bonds. The molecular formula is C15H23N3O4S. The predicted molar refractivity (Wildman–Crippen MR) is 88.4 cm³/mol. The van der Waals surface area contributed by atoms with Crippen LogP contribution in [0.15, 0.2) is 12.3 Å². The first-order valence-electron chi connectivity index (χ1n) is 7.60. The number of amides is 1. The lowest BCUT2D eigenvalue weighted by molar-refractivity contribution is 0.0919. The van der Waals surface area contributed by atoms with E-state index in [1.165, 1.54) is 16.6 Å². The number of carbonyl (C=O) groups excluding carboxylic acids is 1. The predicted octanol–water partition coefficient (Wildman–Crippen LogP) is 1.55. The van der Waals surface area contributed by atoms with Crippen LogP contribution in [0.1, 0.15) is 44.5 Å². The van der Waals surface area contributed by atoms with Crippen LogP contribution in [0, 0.1) is 0 Å². The third-order valence-electron chi connectivity index (χ3n) is 3.18. The van der Waals surface area contributed by atoms with Crippen molar-refractivity contribution in [2.75, 3.05) is 23.2 Å². The van der Waals surface area contributed by atoms with E-state index in [2.05, 4.69) is 10.3 Å². The molecule has 0 saturated carbocycles. The van der Waals surface area contributed by atoms with Crippen molar-refractivity contribution in [1.82, 2.24) is 10.3 Å². The minimum absolute atomic E-state index is 0.0465. The highest BCUT2D eigenvalue weighted by molar-refractivity contribution is 7.92. The van der Waals surface area contributed by atoms with Crippen molar-refractivity contribution in [2.24, 2.45) is 0 Å². The van der Waals surface area contributed by atoms with E-state index in [1.807, 2.05) is 27.7 Å². The van der Waals surface area contributed by atoms with Crippen molar-refractivity contribution >= 4 is 21.6 Å². The SMILES string of the molecule is CCCS(=O)(=O)N1CCOc2ncc(C(=O)NC(C)(C)C)cc21. The fourth-order valence-electron chi connectivity index (χ4n) is 2.27. The van der Waals surface area contributed by atoms with Crippen LogP contribution < -0.4 is 14.4 Å². The van der Waals surface area contributed by atoms with Gasteiger partial charge in [-0.15, -0.1) is 0 Å². The summed E-state index contributed by atoms with van der Waals surface area (Å²) in [5.41, 5.74) is 0.240. The molecule has 128 valence electrons. The lowest BCUT2D eigenvalue weighted by Crippen LogP contribution is -2.41. The molecule has 1 aliphatic heterocycles. The zero-order valence-corrected chi connectivity index (χ0v) is 14.7. The summed E-state index contributed by atoms with van der Waals surface area (Å²) < 4.78 is 31.5. The minimum Gasteiger partial charge on any atom is -0.474 e. The molecular weight excluding hydrogens is 318 g/mol. The van der Waals surface area contributed by atoms with Crippen molar-refractivity contribution in [3.8, 4) is 5.88 Å². The molecule has 0 saturated heterocycles. The molecule has 23 heavy (non-hydrogen) atoms. The average molecular weight is 341 g/mol. The molecule has 0 radical (unpaired) electrons. The molecule has 1 aromatic rings. The maximum Gasteiger partial charge on any atom is 0.253 e. The number of nitrogens with zero attached hydrogens (tertiary/aromatic N) is 2. The maximum absolute atomic E-state index is 12.4. The van der Waals surface area contributed by atoms with Crippen LogP contribution in [0.4, 0.5) is 5.69 Å². The third-order valence-corrected chi connectivity index (χ3v) is 5.16. The van der Waals surface area contributed by atoms with Gasteiger partial charge in [-0.3, -0.25) is 9.10 Å². The molecule has 7 nitrogen and oxygen atoms in total. The van der Waals surface area contributed by atoms with Crippen molar-refractivity contribution in [1.29, 1.82) is 0 Å². The lowest BCUT2D eigenvalue weighted by atomic mass is 10.1. The Labute approximate surface area is 137 Å². The Morgan fingerprint density at radius 1 is 1.43 bits per heavy atom. The number of pyridine rings is 1. The number of anilines is 1. The highest BCUT2D eigenvalue weighted by Crippen LogP contribution is 2.32. The van der Waals surface area contributed by atoms with Gasteiger partial charge in [0.1, 0.15) is 12.3 Å². The summed E-state index contributed by atoms with van der Waals surface area (Å²) in [4.78, 5) is 16.4. The third kappa shape index (κ3) is 4.13. The summed E-state index contributed by atoms with van der Waals surface area (Å²) in [6.07, 6.45) is 1.92. The first-order valence-corrected chi connectivity index (χ1v) is 9.21. The van der Waals surface area contributed by atoms with Gasteiger partial charge in [-0.05, 0) is 33.3 Å². The number of nitrogens with one attached hydrogen (secondary N) is 1. The van der Waals surface area contributed by atoms with E-state index in [9.17, 15) is 13.2 Å². The molecule has 8 heteroatoms. The molecule has 1 aromatic heterocycles. The minimum atomic E-state index is -3.44. The second-order valence-electron chi connectivity index (χ2n) is 6.49. The summed E-state index contributed by atoms with van der Waals surface area (Å²) in [6, 6.07) is 1.52. The van der Waals surface area contributed by atoms with Gasteiger partial charge in [-0.2, -0.15) is 0 Å². The number of carbonyl (C=O) groups is 1. The molecule has 0 unspecified atom stereocenters. The van der Waals surface area contributed by atoms with Crippen LogP contribution in [0.5, 0.6) is 5.88 Å². The molecule has 2 heterocycles.